The fourth-order valence-electron chi connectivity index (χ4n) is 2.32. The fraction of sp³-hybridized carbons (Fsp3) is 0.294. The maximum absolute atomic E-state index is 6.36. The lowest BCUT2D eigenvalue weighted by Gasteiger charge is -2.24. The molecule has 2 N–H and O–H groups in total. The molecule has 0 radical (unpaired) electrons. The van der Waals surface area contributed by atoms with Crippen molar-refractivity contribution in [3.05, 3.63) is 59.7 Å². The highest BCUT2D eigenvalue weighted by Gasteiger charge is 2.14. The van der Waals surface area contributed by atoms with Crippen molar-refractivity contribution in [3.63, 3.8) is 0 Å². The zero-order valence-electron chi connectivity index (χ0n) is 12.3. The van der Waals surface area contributed by atoms with Gasteiger partial charge in [-0.2, -0.15) is 0 Å². The summed E-state index contributed by atoms with van der Waals surface area (Å²) in [4.78, 5) is 2.16. The van der Waals surface area contributed by atoms with Gasteiger partial charge < -0.3 is 15.4 Å². The molecule has 0 saturated heterocycles. The van der Waals surface area contributed by atoms with E-state index in [4.69, 9.17) is 10.5 Å². The molecule has 106 valence electrons. The van der Waals surface area contributed by atoms with E-state index < -0.39 is 0 Å². The number of methoxy groups -OCH3 is 1. The van der Waals surface area contributed by atoms with Gasteiger partial charge in [-0.25, -0.2) is 0 Å². The van der Waals surface area contributed by atoms with Crippen molar-refractivity contribution in [2.45, 2.75) is 13.0 Å². The second kappa shape index (κ2) is 6.44. The lowest BCUT2D eigenvalue weighted by Crippen LogP contribution is -2.29. The number of benzene rings is 2. The molecular weight excluding hydrogens is 248 g/mol. The van der Waals surface area contributed by atoms with E-state index in [-0.39, 0.29) is 6.04 Å². The van der Waals surface area contributed by atoms with Crippen LogP contribution in [0.4, 0.5) is 5.69 Å². The number of rotatable bonds is 5. The molecule has 0 aliphatic heterocycles. The Balaban J connectivity index is 2.16. The Morgan fingerprint density at radius 2 is 1.85 bits per heavy atom. The summed E-state index contributed by atoms with van der Waals surface area (Å²) >= 11 is 0. The van der Waals surface area contributed by atoms with Crippen molar-refractivity contribution >= 4 is 5.69 Å². The van der Waals surface area contributed by atoms with Crippen molar-refractivity contribution in [1.29, 1.82) is 0 Å². The van der Waals surface area contributed by atoms with Crippen LogP contribution in [0.25, 0.3) is 0 Å². The largest absolute Gasteiger partial charge is 0.496 e. The van der Waals surface area contributed by atoms with E-state index in [9.17, 15) is 0 Å². The smallest absolute Gasteiger partial charge is 0.123 e. The Bertz CT molecular complexity index is 554. The second-order valence-electron chi connectivity index (χ2n) is 5.07. The molecule has 0 aliphatic carbocycles. The van der Waals surface area contributed by atoms with E-state index in [0.717, 1.165) is 23.5 Å². The van der Waals surface area contributed by atoms with E-state index in [1.807, 2.05) is 30.3 Å². The first-order valence-electron chi connectivity index (χ1n) is 6.78. The monoisotopic (exact) mass is 270 g/mol. The van der Waals surface area contributed by atoms with Gasteiger partial charge in [0.15, 0.2) is 0 Å². The molecule has 0 aromatic heterocycles. The average Bonchev–Trinajstić information content (AvgIpc) is 2.48. The molecule has 1 atom stereocenters. The number of ether oxygens (including phenoxy) is 1. The Labute approximate surface area is 121 Å². The summed E-state index contributed by atoms with van der Waals surface area (Å²) in [7, 11) is 3.74. The molecule has 0 fully saturated rings. The first-order chi connectivity index (χ1) is 9.61. The number of aryl methyl sites for hydroxylation is 1. The summed E-state index contributed by atoms with van der Waals surface area (Å²) < 4.78 is 5.41. The van der Waals surface area contributed by atoms with Gasteiger partial charge in [0.25, 0.3) is 0 Å². The minimum absolute atomic E-state index is 0.0879. The van der Waals surface area contributed by atoms with Gasteiger partial charge in [-0.15, -0.1) is 0 Å². The summed E-state index contributed by atoms with van der Waals surface area (Å²) in [5, 5.41) is 0. The van der Waals surface area contributed by atoms with Gasteiger partial charge in [0.1, 0.15) is 5.75 Å². The standard InChI is InChI=1S/C17H22N2O/c1-13-9-10-17(20-3)15(11-13)16(18)12-19(2)14-7-5-4-6-8-14/h4-11,16H,12,18H2,1-3H3. The topological polar surface area (TPSA) is 38.5 Å². The van der Waals surface area contributed by atoms with Crippen LogP contribution in [0.2, 0.25) is 0 Å². The molecule has 1 unspecified atom stereocenters. The van der Waals surface area contributed by atoms with Crippen LogP contribution in [0, 0.1) is 6.92 Å². The molecular formula is C17H22N2O. The number of para-hydroxylation sites is 1. The molecule has 2 aromatic carbocycles. The number of hydrogen-bond acceptors (Lipinski definition) is 3. The van der Waals surface area contributed by atoms with Gasteiger partial charge >= 0.3 is 0 Å². The van der Waals surface area contributed by atoms with Gasteiger partial charge in [-0.05, 0) is 25.1 Å². The molecule has 0 amide bonds. The summed E-state index contributed by atoms with van der Waals surface area (Å²) in [6.07, 6.45) is 0. The number of nitrogens with zero attached hydrogens (tertiary/aromatic N) is 1. The lowest BCUT2D eigenvalue weighted by atomic mass is 10.0. The molecule has 0 aliphatic rings. The minimum Gasteiger partial charge on any atom is -0.496 e. The highest BCUT2D eigenvalue weighted by molar-refractivity contribution is 5.46. The van der Waals surface area contributed by atoms with E-state index in [1.54, 1.807) is 7.11 Å². The van der Waals surface area contributed by atoms with Crippen molar-refractivity contribution in [2.24, 2.45) is 5.73 Å². The van der Waals surface area contributed by atoms with E-state index in [1.165, 1.54) is 5.56 Å². The van der Waals surface area contributed by atoms with Crippen molar-refractivity contribution in [2.75, 3.05) is 25.6 Å². The highest BCUT2D eigenvalue weighted by atomic mass is 16.5. The van der Waals surface area contributed by atoms with Gasteiger partial charge in [-0.3, -0.25) is 0 Å². The summed E-state index contributed by atoms with van der Waals surface area (Å²) in [6.45, 7) is 2.81. The van der Waals surface area contributed by atoms with Crippen molar-refractivity contribution in [3.8, 4) is 5.75 Å². The van der Waals surface area contributed by atoms with E-state index >= 15 is 0 Å². The molecule has 2 aromatic rings. The van der Waals surface area contributed by atoms with Crippen LogP contribution in [-0.4, -0.2) is 20.7 Å². The summed E-state index contributed by atoms with van der Waals surface area (Å²) in [6, 6.07) is 16.3. The van der Waals surface area contributed by atoms with Gasteiger partial charge in [0.05, 0.1) is 13.2 Å². The molecule has 2 rings (SSSR count). The van der Waals surface area contributed by atoms with Crippen LogP contribution in [0.5, 0.6) is 5.75 Å². The van der Waals surface area contributed by atoms with Crippen LogP contribution in [0.1, 0.15) is 17.2 Å². The normalized spacial score (nSPS) is 12.0. The zero-order chi connectivity index (χ0) is 14.5. The second-order valence-corrected chi connectivity index (χ2v) is 5.07. The Kier molecular flexibility index (Phi) is 4.64. The minimum atomic E-state index is -0.0879. The van der Waals surface area contributed by atoms with Crippen LogP contribution < -0.4 is 15.4 Å². The summed E-state index contributed by atoms with van der Waals surface area (Å²) in [5.41, 5.74) is 9.76. The van der Waals surface area contributed by atoms with Crippen LogP contribution in [0.15, 0.2) is 48.5 Å². The number of likely N-dealkylation sites (N-methyl/N-ethyl adjacent to an activating group) is 1. The number of nitrogens with two attached hydrogens (primary N) is 1. The Morgan fingerprint density at radius 1 is 1.15 bits per heavy atom. The molecule has 0 bridgehead atoms. The zero-order valence-corrected chi connectivity index (χ0v) is 12.3. The molecule has 0 saturated carbocycles. The number of hydrogen-bond donors (Lipinski definition) is 1. The van der Waals surface area contributed by atoms with Crippen LogP contribution in [-0.2, 0) is 0 Å². The average molecular weight is 270 g/mol. The maximum Gasteiger partial charge on any atom is 0.123 e. The molecule has 20 heavy (non-hydrogen) atoms. The first kappa shape index (κ1) is 14.4. The highest BCUT2D eigenvalue weighted by Crippen LogP contribution is 2.26. The molecule has 3 nitrogen and oxygen atoms in total. The van der Waals surface area contributed by atoms with Crippen LogP contribution in [0.3, 0.4) is 0 Å². The van der Waals surface area contributed by atoms with Gasteiger partial charge in [0, 0.05) is 24.8 Å². The lowest BCUT2D eigenvalue weighted by molar-refractivity contribution is 0.405. The first-order valence-corrected chi connectivity index (χ1v) is 6.78. The van der Waals surface area contributed by atoms with Gasteiger partial charge in [0.2, 0.25) is 0 Å². The van der Waals surface area contributed by atoms with E-state index in [0.29, 0.717) is 0 Å². The Hall–Kier alpha value is -2.00. The third-order valence-electron chi connectivity index (χ3n) is 3.45. The van der Waals surface area contributed by atoms with Gasteiger partial charge in [-0.1, -0.05) is 35.9 Å². The predicted octanol–water partition coefficient (Wildman–Crippen LogP) is 3.14. The third kappa shape index (κ3) is 3.31. The molecule has 0 heterocycles. The quantitative estimate of drug-likeness (QED) is 0.907. The van der Waals surface area contributed by atoms with Crippen LogP contribution >= 0.6 is 0 Å². The maximum atomic E-state index is 6.36. The van der Waals surface area contributed by atoms with Crippen molar-refractivity contribution < 1.29 is 4.74 Å². The van der Waals surface area contributed by atoms with E-state index in [2.05, 4.69) is 37.1 Å². The molecule has 3 heteroatoms. The van der Waals surface area contributed by atoms with Crippen molar-refractivity contribution in [1.82, 2.24) is 0 Å². The number of anilines is 1. The Morgan fingerprint density at radius 3 is 2.50 bits per heavy atom. The summed E-state index contributed by atoms with van der Waals surface area (Å²) in [5.74, 6) is 0.851. The predicted molar refractivity (Wildman–Crippen MR) is 84.4 cm³/mol. The fourth-order valence-corrected chi connectivity index (χ4v) is 2.32. The third-order valence-corrected chi connectivity index (χ3v) is 3.45. The SMILES string of the molecule is COc1ccc(C)cc1C(N)CN(C)c1ccccc1. The molecule has 0 spiro atoms.